The first kappa shape index (κ1) is 30.9. The molecule has 0 unspecified atom stereocenters. The van der Waals surface area contributed by atoms with Crippen molar-refractivity contribution in [3.63, 3.8) is 0 Å². The van der Waals surface area contributed by atoms with Crippen LogP contribution in [-0.2, 0) is 34.1 Å². The minimum atomic E-state index is 0. The standard InChI is InChI=1S/C16H8Br2.2C5H5.2Fe/c17-16(18)15(11-9-13-5-1-2-6-13)12-10-14-7-3-4-8-14;2*1-2-4-5-3-1;;/h1-8H;2*1-5H;;. The molecule has 4 aliphatic carbocycles. The molecule has 0 aromatic heterocycles. The van der Waals surface area contributed by atoms with Gasteiger partial charge in [-0.05, 0) is 147 Å². The van der Waals surface area contributed by atoms with Crippen molar-refractivity contribution in [2.24, 2.45) is 0 Å². The largest absolute Gasteiger partial charge is 0.0956 e. The summed E-state index contributed by atoms with van der Waals surface area (Å²) in [6.07, 6.45) is 35.7. The normalized spacial score (nSPS) is 19.9. The average molecular weight is 602 g/mol. The molecule has 4 fully saturated rings. The summed E-state index contributed by atoms with van der Waals surface area (Å²) in [6.45, 7) is 0. The quantitative estimate of drug-likeness (QED) is 0.242. The van der Waals surface area contributed by atoms with Crippen LogP contribution in [0.3, 0.4) is 0 Å². The number of allylic oxidation sites excluding steroid dienone is 1. The van der Waals surface area contributed by atoms with Crippen LogP contribution in [-0.4, -0.2) is 0 Å². The summed E-state index contributed by atoms with van der Waals surface area (Å²) in [5, 5.41) is 0. The predicted octanol–water partition coefficient (Wildman–Crippen LogP) is 5.84. The summed E-state index contributed by atoms with van der Waals surface area (Å²) in [6, 6.07) is 0. The van der Waals surface area contributed by atoms with E-state index in [1.165, 1.54) is 0 Å². The van der Waals surface area contributed by atoms with Gasteiger partial charge in [0.05, 0.1) is 20.8 Å². The Balaban J connectivity index is 0.000000575. The molecular formula is C26H18Br2Fe2. The number of hydrogen-bond donors (Lipinski definition) is 0. The van der Waals surface area contributed by atoms with Gasteiger partial charge in [0.1, 0.15) is 0 Å². The predicted molar refractivity (Wildman–Crippen MR) is 124 cm³/mol. The second-order valence-corrected chi connectivity index (χ2v) is 8.06. The molecule has 0 aliphatic heterocycles. The average Bonchev–Trinajstić information content (AvgIpc) is 3.54. The number of hydrogen-bond acceptors (Lipinski definition) is 0. The molecule has 30 heavy (non-hydrogen) atoms. The van der Waals surface area contributed by atoms with Gasteiger partial charge in [0.2, 0.25) is 0 Å². The Morgan fingerprint density at radius 2 is 0.733 bits per heavy atom. The minimum Gasteiger partial charge on any atom is -0.0881 e. The summed E-state index contributed by atoms with van der Waals surface area (Å²) in [4.78, 5) is 0. The van der Waals surface area contributed by atoms with Gasteiger partial charge in [0, 0.05) is 34.1 Å². The maximum Gasteiger partial charge on any atom is 0.0956 e. The monoisotopic (exact) mass is 600 g/mol. The summed E-state index contributed by atoms with van der Waals surface area (Å²) in [5.74, 6) is 14.2. The third kappa shape index (κ3) is 14.8. The SMILES string of the molecule is BrC(Br)=C(C#C[C]1[CH][CH][CH][CH]1)C#C[C]1[CH][CH][CH][CH]1.[CH]1[CH][CH][CH][CH]1.[CH]1[CH][CH][CH][CH]1.[Fe].[Fe]. The molecule has 4 aliphatic rings. The van der Waals surface area contributed by atoms with Crippen molar-refractivity contribution >= 4 is 31.9 Å². The molecule has 0 amide bonds. The fourth-order valence-corrected chi connectivity index (χ4v) is 2.35. The van der Waals surface area contributed by atoms with Crippen LogP contribution in [0.15, 0.2) is 8.96 Å². The molecule has 0 aromatic carbocycles. The van der Waals surface area contributed by atoms with E-state index in [9.17, 15) is 0 Å². The zero-order valence-electron chi connectivity index (χ0n) is 15.9. The van der Waals surface area contributed by atoms with Crippen LogP contribution < -0.4 is 0 Å². The topological polar surface area (TPSA) is 0 Å². The van der Waals surface area contributed by atoms with Gasteiger partial charge >= 0.3 is 0 Å². The van der Waals surface area contributed by atoms with Crippen molar-refractivity contribution in [1.82, 2.24) is 0 Å². The first-order chi connectivity index (χ1) is 13.8. The molecule has 0 nitrogen and oxygen atoms in total. The Hall–Kier alpha value is 0.859. The maximum atomic E-state index is 3.36. The molecule has 0 atom stereocenters. The second-order valence-electron chi connectivity index (χ2n) is 5.41. The minimum absolute atomic E-state index is 0. The van der Waals surface area contributed by atoms with Gasteiger partial charge in [-0.15, -0.1) is 0 Å². The smallest absolute Gasteiger partial charge is 0.0881 e. The molecule has 4 heteroatoms. The first-order valence-electron chi connectivity index (χ1n) is 8.62. The first-order valence-corrected chi connectivity index (χ1v) is 10.2. The zero-order valence-corrected chi connectivity index (χ0v) is 21.2. The van der Waals surface area contributed by atoms with E-state index in [1.807, 2.05) is 116 Å². The van der Waals surface area contributed by atoms with E-state index in [1.54, 1.807) is 0 Å². The van der Waals surface area contributed by atoms with Crippen molar-refractivity contribution in [3.05, 3.63) is 136 Å². The van der Waals surface area contributed by atoms with Crippen LogP contribution >= 0.6 is 31.9 Å². The summed E-state index contributed by atoms with van der Waals surface area (Å²) in [5.41, 5.74) is 0.734. The molecule has 20 radical (unpaired) electrons. The number of rotatable bonds is 0. The summed E-state index contributed by atoms with van der Waals surface area (Å²) in [7, 11) is 0. The van der Waals surface area contributed by atoms with E-state index in [4.69, 9.17) is 0 Å². The van der Waals surface area contributed by atoms with Crippen LogP contribution in [0.1, 0.15) is 0 Å². The van der Waals surface area contributed by atoms with E-state index in [0.717, 1.165) is 20.8 Å². The Bertz CT molecular complexity index is 506. The number of halogens is 2. The van der Waals surface area contributed by atoms with E-state index >= 15 is 0 Å². The second kappa shape index (κ2) is 20.5. The fraction of sp³-hybridized carbons (Fsp3) is 0. The van der Waals surface area contributed by atoms with Gasteiger partial charge in [-0.3, -0.25) is 0 Å². The van der Waals surface area contributed by atoms with Crippen molar-refractivity contribution in [2.45, 2.75) is 0 Å². The van der Waals surface area contributed by atoms with Crippen molar-refractivity contribution in [3.8, 4) is 23.7 Å². The molecular weight excluding hydrogens is 584 g/mol. The maximum absolute atomic E-state index is 3.36. The zero-order chi connectivity index (χ0) is 19.9. The molecule has 0 aromatic rings. The van der Waals surface area contributed by atoms with Crippen LogP contribution in [0.5, 0.6) is 0 Å². The van der Waals surface area contributed by atoms with E-state index in [-0.39, 0.29) is 34.1 Å². The molecule has 0 spiro atoms. The Labute approximate surface area is 224 Å². The molecule has 0 N–H and O–H groups in total. The van der Waals surface area contributed by atoms with E-state index in [0.29, 0.717) is 0 Å². The van der Waals surface area contributed by atoms with Crippen molar-refractivity contribution in [1.29, 1.82) is 0 Å². The molecule has 4 saturated carbocycles. The van der Waals surface area contributed by atoms with E-state index in [2.05, 4.69) is 55.5 Å². The van der Waals surface area contributed by atoms with Gasteiger partial charge in [0.15, 0.2) is 0 Å². The molecule has 4 rings (SSSR count). The van der Waals surface area contributed by atoms with Crippen LogP contribution in [0, 0.1) is 151 Å². The Morgan fingerprint density at radius 3 is 0.967 bits per heavy atom. The van der Waals surface area contributed by atoms with Gasteiger partial charge in [0.25, 0.3) is 0 Å². The van der Waals surface area contributed by atoms with E-state index < -0.39 is 0 Å². The van der Waals surface area contributed by atoms with Crippen molar-refractivity contribution < 1.29 is 34.1 Å². The third-order valence-electron chi connectivity index (χ3n) is 3.29. The molecule has 152 valence electrons. The van der Waals surface area contributed by atoms with Gasteiger partial charge in [-0.2, -0.15) is 0 Å². The molecule has 0 bridgehead atoms. The van der Waals surface area contributed by atoms with Gasteiger partial charge in [-0.1, -0.05) is 23.7 Å². The Morgan fingerprint density at radius 1 is 0.467 bits per heavy atom. The van der Waals surface area contributed by atoms with Crippen LogP contribution in [0.2, 0.25) is 0 Å². The molecule has 0 saturated heterocycles. The van der Waals surface area contributed by atoms with Crippen LogP contribution in [0.25, 0.3) is 0 Å². The molecule has 0 heterocycles. The fourth-order valence-electron chi connectivity index (χ4n) is 1.95. The summed E-state index contributed by atoms with van der Waals surface area (Å²) >= 11 is 6.72. The third-order valence-corrected chi connectivity index (χ3v) is 4.08. The van der Waals surface area contributed by atoms with Crippen molar-refractivity contribution in [2.75, 3.05) is 0 Å². The van der Waals surface area contributed by atoms with Crippen LogP contribution in [0.4, 0.5) is 0 Å². The van der Waals surface area contributed by atoms with Gasteiger partial charge < -0.3 is 0 Å². The Kier molecular flexibility index (Phi) is 21.1. The van der Waals surface area contributed by atoms with Gasteiger partial charge in [-0.25, -0.2) is 0 Å². The summed E-state index contributed by atoms with van der Waals surface area (Å²) < 4.78 is 0.771.